The van der Waals surface area contributed by atoms with Gasteiger partial charge in [-0.1, -0.05) is 60.7 Å². The van der Waals surface area contributed by atoms with Crippen molar-refractivity contribution in [2.75, 3.05) is 5.32 Å². The Morgan fingerprint density at radius 3 is 1.84 bits per heavy atom. The first kappa shape index (κ1) is 16.3. The molecule has 0 heterocycles. The van der Waals surface area contributed by atoms with Crippen molar-refractivity contribution in [3.63, 3.8) is 0 Å². The number of carbonyl (C=O) groups is 1. The highest BCUT2D eigenvalue weighted by atomic mass is 16.3. The number of phenolic OH excluding ortho intramolecular Hbond substituents is 1. The maximum Gasteiger partial charge on any atom is 0.238 e. The molecule has 1 amide bonds. The van der Waals surface area contributed by atoms with Crippen LogP contribution in [0.5, 0.6) is 5.75 Å². The van der Waals surface area contributed by atoms with Crippen molar-refractivity contribution in [2.24, 2.45) is 0 Å². The molecule has 2 N–H and O–H groups in total. The summed E-state index contributed by atoms with van der Waals surface area (Å²) in [5.41, 5.74) is 3.46. The van der Waals surface area contributed by atoms with E-state index in [-0.39, 0.29) is 18.1 Å². The van der Waals surface area contributed by atoms with Crippen LogP contribution in [0.15, 0.2) is 72.8 Å². The third kappa shape index (κ3) is 3.67. The van der Waals surface area contributed by atoms with Crippen molar-refractivity contribution >= 4 is 11.6 Å². The zero-order chi connectivity index (χ0) is 17.6. The summed E-state index contributed by atoms with van der Waals surface area (Å²) >= 11 is 0. The van der Waals surface area contributed by atoms with E-state index >= 15 is 0 Å². The van der Waals surface area contributed by atoms with Crippen molar-refractivity contribution in [1.29, 1.82) is 5.26 Å². The van der Waals surface area contributed by atoms with Crippen LogP contribution in [0.3, 0.4) is 0 Å². The van der Waals surface area contributed by atoms with Gasteiger partial charge < -0.3 is 10.4 Å². The van der Waals surface area contributed by atoms with E-state index in [1.807, 2.05) is 66.7 Å². The molecule has 0 saturated carbocycles. The molecule has 0 fully saturated rings. The summed E-state index contributed by atoms with van der Waals surface area (Å²) in [5.74, 6) is -0.234. The van der Waals surface area contributed by atoms with Crippen molar-refractivity contribution < 1.29 is 9.90 Å². The summed E-state index contributed by atoms with van der Waals surface area (Å²) in [6.45, 7) is 0. The SMILES string of the molecule is N#CCC(=O)Nc1cc(-c2ccccc2)c(O)c(-c2ccccc2)c1. The van der Waals surface area contributed by atoms with Crippen molar-refractivity contribution in [3.8, 4) is 34.1 Å². The number of benzene rings is 3. The number of phenols is 1. The summed E-state index contributed by atoms with van der Waals surface area (Å²) in [4.78, 5) is 11.8. The zero-order valence-corrected chi connectivity index (χ0v) is 13.4. The first-order valence-electron chi connectivity index (χ1n) is 7.83. The van der Waals surface area contributed by atoms with E-state index in [1.54, 1.807) is 12.1 Å². The van der Waals surface area contributed by atoms with Crippen LogP contribution in [0.25, 0.3) is 22.3 Å². The molecule has 0 saturated heterocycles. The number of aromatic hydroxyl groups is 1. The van der Waals surface area contributed by atoms with Gasteiger partial charge in [0.05, 0.1) is 6.07 Å². The lowest BCUT2D eigenvalue weighted by Crippen LogP contribution is -2.10. The standard InChI is InChI=1S/C21H16N2O2/c22-12-11-20(24)23-17-13-18(15-7-3-1-4-8-15)21(25)19(14-17)16-9-5-2-6-10-16/h1-10,13-14,25H,11H2,(H,23,24). The number of anilines is 1. The smallest absolute Gasteiger partial charge is 0.238 e. The van der Waals surface area contributed by atoms with Gasteiger partial charge in [-0.3, -0.25) is 4.79 Å². The van der Waals surface area contributed by atoms with Crippen LogP contribution in [0, 0.1) is 11.3 Å². The van der Waals surface area contributed by atoms with Crippen LogP contribution in [0.2, 0.25) is 0 Å². The molecule has 0 aliphatic rings. The molecule has 0 unspecified atom stereocenters. The lowest BCUT2D eigenvalue weighted by Gasteiger charge is -2.14. The Kier molecular flexibility index (Phi) is 4.77. The second kappa shape index (κ2) is 7.33. The van der Waals surface area contributed by atoms with Crippen LogP contribution >= 0.6 is 0 Å². The van der Waals surface area contributed by atoms with Crippen LogP contribution in [-0.4, -0.2) is 11.0 Å². The summed E-state index contributed by atoms with van der Waals surface area (Å²) in [6, 6.07) is 24.2. The molecule has 3 aromatic carbocycles. The van der Waals surface area contributed by atoms with Crippen LogP contribution in [0.4, 0.5) is 5.69 Å². The molecular weight excluding hydrogens is 312 g/mol. The zero-order valence-electron chi connectivity index (χ0n) is 13.4. The number of hydrogen-bond acceptors (Lipinski definition) is 3. The molecule has 4 nitrogen and oxygen atoms in total. The Balaban J connectivity index is 2.14. The molecule has 0 spiro atoms. The van der Waals surface area contributed by atoms with E-state index in [9.17, 15) is 9.90 Å². The highest BCUT2D eigenvalue weighted by Gasteiger charge is 2.14. The Bertz CT molecular complexity index is 869. The van der Waals surface area contributed by atoms with Crippen LogP contribution in [0.1, 0.15) is 6.42 Å². The number of rotatable bonds is 4. The summed E-state index contributed by atoms with van der Waals surface area (Å²) < 4.78 is 0. The van der Waals surface area contributed by atoms with Gasteiger partial charge in [0.25, 0.3) is 0 Å². The van der Waals surface area contributed by atoms with Gasteiger partial charge in [0.15, 0.2) is 0 Å². The van der Waals surface area contributed by atoms with Gasteiger partial charge in [-0.15, -0.1) is 0 Å². The molecule has 0 bridgehead atoms. The number of nitrogens with zero attached hydrogens (tertiary/aromatic N) is 1. The second-order valence-electron chi connectivity index (χ2n) is 5.54. The molecule has 122 valence electrons. The number of nitrogens with one attached hydrogen (secondary N) is 1. The quantitative estimate of drug-likeness (QED) is 0.689. The van der Waals surface area contributed by atoms with Crippen LogP contribution < -0.4 is 5.32 Å². The lowest BCUT2D eigenvalue weighted by atomic mass is 9.96. The number of nitriles is 1. The number of hydrogen-bond donors (Lipinski definition) is 2. The van der Waals surface area contributed by atoms with E-state index in [2.05, 4.69) is 5.32 Å². The fourth-order valence-corrected chi connectivity index (χ4v) is 2.66. The number of amides is 1. The Morgan fingerprint density at radius 2 is 1.40 bits per heavy atom. The molecule has 3 rings (SSSR count). The monoisotopic (exact) mass is 328 g/mol. The lowest BCUT2D eigenvalue weighted by molar-refractivity contribution is -0.115. The van der Waals surface area contributed by atoms with Crippen molar-refractivity contribution in [1.82, 2.24) is 0 Å². The first-order valence-corrected chi connectivity index (χ1v) is 7.83. The van der Waals surface area contributed by atoms with E-state index in [0.29, 0.717) is 16.8 Å². The second-order valence-corrected chi connectivity index (χ2v) is 5.54. The molecular formula is C21H16N2O2. The normalized spacial score (nSPS) is 10.0. The highest BCUT2D eigenvalue weighted by molar-refractivity contribution is 5.95. The third-order valence-electron chi connectivity index (χ3n) is 3.80. The molecule has 3 aromatic rings. The van der Waals surface area contributed by atoms with E-state index in [4.69, 9.17) is 5.26 Å². The minimum absolute atomic E-state index is 0.149. The molecule has 0 aliphatic heterocycles. The molecule has 0 aliphatic carbocycles. The van der Waals surface area contributed by atoms with Gasteiger partial charge in [0, 0.05) is 16.8 Å². The summed E-state index contributed by atoms with van der Waals surface area (Å²) in [7, 11) is 0. The molecule has 4 heteroatoms. The molecule has 0 atom stereocenters. The number of carbonyl (C=O) groups excluding carboxylic acids is 1. The minimum atomic E-state index is -0.383. The maximum atomic E-state index is 11.8. The van der Waals surface area contributed by atoms with Crippen LogP contribution in [-0.2, 0) is 4.79 Å². The van der Waals surface area contributed by atoms with E-state index in [1.165, 1.54) is 0 Å². The van der Waals surface area contributed by atoms with Crippen molar-refractivity contribution in [2.45, 2.75) is 6.42 Å². The topological polar surface area (TPSA) is 73.1 Å². The van der Waals surface area contributed by atoms with Gasteiger partial charge in [-0.05, 0) is 23.3 Å². The summed E-state index contributed by atoms with van der Waals surface area (Å²) in [5, 5.41) is 22.2. The fourth-order valence-electron chi connectivity index (χ4n) is 2.66. The minimum Gasteiger partial charge on any atom is -0.507 e. The Hall–Kier alpha value is -3.58. The Morgan fingerprint density at radius 1 is 0.920 bits per heavy atom. The largest absolute Gasteiger partial charge is 0.507 e. The van der Waals surface area contributed by atoms with Gasteiger partial charge in [0.2, 0.25) is 5.91 Å². The predicted octanol–water partition coefficient (Wildman–Crippen LogP) is 4.58. The molecule has 0 radical (unpaired) electrons. The maximum absolute atomic E-state index is 11.8. The average molecular weight is 328 g/mol. The van der Waals surface area contributed by atoms with Gasteiger partial charge in [0.1, 0.15) is 12.2 Å². The van der Waals surface area contributed by atoms with E-state index in [0.717, 1.165) is 11.1 Å². The van der Waals surface area contributed by atoms with Gasteiger partial charge >= 0.3 is 0 Å². The average Bonchev–Trinajstić information content (AvgIpc) is 2.64. The first-order chi connectivity index (χ1) is 12.2. The van der Waals surface area contributed by atoms with Gasteiger partial charge in [-0.25, -0.2) is 0 Å². The summed E-state index contributed by atoms with van der Waals surface area (Å²) in [6.07, 6.45) is -0.220. The molecule has 25 heavy (non-hydrogen) atoms. The van der Waals surface area contributed by atoms with E-state index < -0.39 is 0 Å². The van der Waals surface area contributed by atoms with Gasteiger partial charge in [-0.2, -0.15) is 5.26 Å². The Labute approximate surface area is 146 Å². The molecule has 0 aromatic heterocycles. The third-order valence-corrected chi connectivity index (χ3v) is 3.80. The van der Waals surface area contributed by atoms with Crippen molar-refractivity contribution in [3.05, 3.63) is 72.8 Å². The highest BCUT2D eigenvalue weighted by Crippen LogP contribution is 2.40. The fraction of sp³-hybridized carbons (Fsp3) is 0.0476. The predicted molar refractivity (Wildman–Crippen MR) is 97.8 cm³/mol.